The lowest BCUT2D eigenvalue weighted by Gasteiger charge is -2.45. The van der Waals surface area contributed by atoms with Crippen molar-refractivity contribution in [1.82, 2.24) is 5.32 Å². The highest BCUT2D eigenvalue weighted by molar-refractivity contribution is 5.68. The van der Waals surface area contributed by atoms with Crippen molar-refractivity contribution >= 4 is 6.09 Å². The van der Waals surface area contributed by atoms with Crippen LogP contribution in [0.1, 0.15) is 72.1 Å². The second-order valence-corrected chi connectivity index (χ2v) is 8.28. The Balaban J connectivity index is 1.79. The molecule has 1 amide bonds. The third-order valence-electron chi connectivity index (χ3n) is 5.17. The SMILES string of the molecule is CC(C)(C)OC(=O)NC1CCC(C2(N)CCC(F)(F)CC2)CC1. The molecule has 0 atom stereocenters. The molecule has 0 unspecified atom stereocenters. The Kier molecular flexibility index (Phi) is 5.24. The number of alkyl carbamates (subject to hydrolysis) is 1. The molecule has 0 aromatic rings. The fraction of sp³-hybridized carbons (Fsp3) is 0.941. The summed E-state index contributed by atoms with van der Waals surface area (Å²) in [5.41, 5.74) is 5.48. The second-order valence-electron chi connectivity index (χ2n) is 8.28. The molecular formula is C17H30F2N2O2. The molecule has 4 nitrogen and oxygen atoms in total. The van der Waals surface area contributed by atoms with Crippen molar-refractivity contribution in [3.63, 3.8) is 0 Å². The summed E-state index contributed by atoms with van der Waals surface area (Å²) in [4.78, 5) is 11.8. The van der Waals surface area contributed by atoms with Gasteiger partial charge in [-0.05, 0) is 65.2 Å². The molecule has 0 aromatic carbocycles. The molecule has 0 radical (unpaired) electrons. The quantitative estimate of drug-likeness (QED) is 0.804. The summed E-state index contributed by atoms with van der Waals surface area (Å²) in [6.07, 6.45) is 3.63. The second kappa shape index (κ2) is 6.54. The third kappa shape index (κ3) is 5.30. The minimum absolute atomic E-state index is 0.0923. The van der Waals surface area contributed by atoms with Gasteiger partial charge in [0.2, 0.25) is 5.92 Å². The first-order valence-corrected chi connectivity index (χ1v) is 8.65. The number of ether oxygens (including phenoxy) is 1. The summed E-state index contributed by atoms with van der Waals surface area (Å²) in [5.74, 6) is -2.27. The summed E-state index contributed by atoms with van der Waals surface area (Å²) >= 11 is 0. The maximum Gasteiger partial charge on any atom is 0.407 e. The highest BCUT2D eigenvalue weighted by Crippen LogP contribution is 2.44. The number of rotatable bonds is 2. The van der Waals surface area contributed by atoms with Gasteiger partial charge in [-0.1, -0.05) is 0 Å². The highest BCUT2D eigenvalue weighted by Gasteiger charge is 2.45. The molecule has 2 aliphatic rings. The van der Waals surface area contributed by atoms with Gasteiger partial charge in [-0.25, -0.2) is 13.6 Å². The van der Waals surface area contributed by atoms with E-state index < -0.39 is 17.1 Å². The molecule has 6 heteroatoms. The molecule has 0 spiro atoms. The Morgan fingerprint density at radius 2 is 1.61 bits per heavy atom. The first-order valence-electron chi connectivity index (χ1n) is 8.65. The van der Waals surface area contributed by atoms with Crippen molar-refractivity contribution in [3.8, 4) is 0 Å². The number of nitrogens with two attached hydrogens (primary N) is 1. The highest BCUT2D eigenvalue weighted by atomic mass is 19.3. The van der Waals surface area contributed by atoms with Gasteiger partial charge in [0.1, 0.15) is 5.60 Å². The summed E-state index contributed by atoms with van der Waals surface area (Å²) in [6, 6.07) is 0.0923. The number of hydrogen-bond donors (Lipinski definition) is 2. The van der Waals surface area contributed by atoms with Crippen molar-refractivity contribution in [2.45, 2.75) is 95.2 Å². The van der Waals surface area contributed by atoms with Crippen LogP contribution in [0, 0.1) is 5.92 Å². The Hall–Kier alpha value is -0.910. The number of carbonyl (C=O) groups is 1. The van der Waals surface area contributed by atoms with Gasteiger partial charge in [0.15, 0.2) is 0 Å². The van der Waals surface area contributed by atoms with E-state index in [1.54, 1.807) is 0 Å². The first kappa shape index (κ1) is 18.4. The van der Waals surface area contributed by atoms with Crippen molar-refractivity contribution in [3.05, 3.63) is 0 Å². The van der Waals surface area contributed by atoms with Gasteiger partial charge >= 0.3 is 6.09 Å². The molecule has 2 aliphatic carbocycles. The maximum atomic E-state index is 13.3. The van der Waals surface area contributed by atoms with Crippen LogP contribution in [0.2, 0.25) is 0 Å². The number of hydrogen-bond acceptors (Lipinski definition) is 3. The Bertz CT molecular complexity index is 417. The molecule has 2 saturated carbocycles. The van der Waals surface area contributed by atoms with Crippen molar-refractivity contribution in [2.24, 2.45) is 11.7 Å². The molecular weight excluding hydrogens is 302 g/mol. The molecule has 0 aliphatic heterocycles. The average molecular weight is 332 g/mol. The van der Waals surface area contributed by atoms with Gasteiger partial charge in [0.25, 0.3) is 0 Å². The zero-order valence-electron chi connectivity index (χ0n) is 14.5. The van der Waals surface area contributed by atoms with E-state index in [0.29, 0.717) is 12.8 Å². The van der Waals surface area contributed by atoms with Crippen molar-refractivity contribution in [2.75, 3.05) is 0 Å². The molecule has 0 aromatic heterocycles. The monoisotopic (exact) mass is 332 g/mol. The van der Waals surface area contributed by atoms with Crippen LogP contribution in [0.15, 0.2) is 0 Å². The topological polar surface area (TPSA) is 64.3 Å². The van der Waals surface area contributed by atoms with Gasteiger partial charge in [0, 0.05) is 24.4 Å². The zero-order valence-corrected chi connectivity index (χ0v) is 14.5. The molecule has 0 heterocycles. The van der Waals surface area contributed by atoms with E-state index in [4.69, 9.17) is 10.5 Å². The fourth-order valence-corrected chi connectivity index (χ4v) is 3.78. The van der Waals surface area contributed by atoms with E-state index in [1.165, 1.54) is 0 Å². The van der Waals surface area contributed by atoms with Gasteiger partial charge in [-0.15, -0.1) is 0 Å². The summed E-state index contributed by atoms with van der Waals surface area (Å²) in [5, 5.41) is 2.90. The van der Waals surface area contributed by atoms with Gasteiger partial charge in [0.05, 0.1) is 0 Å². The third-order valence-corrected chi connectivity index (χ3v) is 5.17. The van der Waals surface area contributed by atoms with Crippen LogP contribution >= 0.6 is 0 Å². The summed E-state index contributed by atoms with van der Waals surface area (Å²) in [6.45, 7) is 5.50. The van der Waals surface area contributed by atoms with E-state index in [0.717, 1.165) is 25.7 Å². The fourth-order valence-electron chi connectivity index (χ4n) is 3.78. The zero-order chi connectivity index (χ0) is 17.3. The number of alkyl halides is 2. The number of amides is 1. The Morgan fingerprint density at radius 1 is 1.09 bits per heavy atom. The number of nitrogens with one attached hydrogen (secondary N) is 1. The van der Waals surface area contributed by atoms with Crippen LogP contribution in [0.25, 0.3) is 0 Å². The molecule has 134 valence electrons. The molecule has 23 heavy (non-hydrogen) atoms. The van der Waals surface area contributed by atoms with Gasteiger partial charge in [-0.3, -0.25) is 0 Å². The van der Waals surface area contributed by atoms with Crippen molar-refractivity contribution < 1.29 is 18.3 Å². The van der Waals surface area contributed by atoms with Gasteiger partial charge < -0.3 is 15.8 Å². The van der Waals surface area contributed by atoms with Crippen LogP contribution in [-0.4, -0.2) is 29.2 Å². The predicted molar refractivity (Wildman–Crippen MR) is 85.4 cm³/mol. The number of halogens is 2. The smallest absolute Gasteiger partial charge is 0.407 e. The van der Waals surface area contributed by atoms with Crippen LogP contribution in [0.4, 0.5) is 13.6 Å². The normalized spacial score (nSPS) is 30.5. The van der Waals surface area contributed by atoms with E-state index in [1.807, 2.05) is 20.8 Å². The van der Waals surface area contributed by atoms with Crippen LogP contribution in [0.5, 0.6) is 0 Å². The summed E-state index contributed by atoms with van der Waals surface area (Å²) in [7, 11) is 0. The molecule has 3 N–H and O–H groups in total. The van der Waals surface area contributed by atoms with E-state index in [2.05, 4.69) is 5.32 Å². The molecule has 2 fully saturated rings. The van der Waals surface area contributed by atoms with E-state index >= 15 is 0 Å². The standard InChI is InChI=1S/C17H30F2N2O2/c1-15(2,3)23-14(22)21-13-6-4-12(5-7-13)16(20)8-10-17(18,19)11-9-16/h12-13H,4-11,20H2,1-3H3,(H,21,22). The Labute approximate surface area is 137 Å². The first-order chi connectivity index (χ1) is 10.5. The minimum Gasteiger partial charge on any atom is -0.444 e. The summed E-state index contributed by atoms with van der Waals surface area (Å²) < 4.78 is 31.9. The predicted octanol–water partition coefficient (Wildman–Crippen LogP) is 3.98. The maximum absolute atomic E-state index is 13.3. The minimum atomic E-state index is -2.54. The van der Waals surface area contributed by atoms with Crippen LogP contribution in [0.3, 0.4) is 0 Å². The van der Waals surface area contributed by atoms with E-state index in [-0.39, 0.29) is 30.9 Å². The van der Waals surface area contributed by atoms with Crippen LogP contribution in [-0.2, 0) is 4.74 Å². The lowest BCUT2D eigenvalue weighted by molar-refractivity contribution is -0.0616. The average Bonchev–Trinajstić information content (AvgIpc) is 2.41. The van der Waals surface area contributed by atoms with E-state index in [9.17, 15) is 13.6 Å². The lowest BCUT2D eigenvalue weighted by Crippen LogP contribution is -2.53. The molecule has 0 saturated heterocycles. The van der Waals surface area contributed by atoms with Gasteiger partial charge in [-0.2, -0.15) is 0 Å². The molecule has 0 bridgehead atoms. The Morgan fingerprint density at radius 3 is 2.09 bits per heavy atom. The molecule has 2 rings (SSSR count). The lowest BCUT2D eigenvalue weighted by atomic mass is 9.67. The number of carbonyl (C=O) groups excluding carboxylic acids is 1. The van der Waals surface area contributed by atoms with Crippen LogP contribution < -0.4 is 11.1 Å². The largest absolute Gasteiger partial charge is 0.444 e. The van der Waals surface area contributed by atoms with Crippen molar-refractivity contribution in [1.29, 1.82) is 0 Å².